The van der Waals surface area contributed by atoms with Crippen molar-refractivity contribution < 1.29 is 14.7 Å². The number of carbonyl (C=O) groups is 2. The van der Waals surface area contributed by atoms with Crippen molar-refractivity contribution in [1.29, 1.82) is 0 Å². The number of hydrogen-bond donors (Lipinski definition) is 4. The maximum atomic E-state index is 11.7. The fourth-order valence-corrected chi connectivity index (χ4v) is 1.75. The molecule has 1 aliphatic heterocycles. The third kappa shape index (κ3) is 2.44. The molecule has 92 valence electrons. The summed E-state index contributed by atoms with van der Waals surface area (Å²) in [6.45, 7) is 1.46. The third-order valence-electron chi connectivity index (χ3n) is 2.67. The largest absolute Gasteiger partial charge is 0.391 e. The number of H-pyrrole nitrogens is 1. The van der Waals surface area contributed by atoms with Crippen molar-refractivity contribution in [3.05, 3.63) is 18.2 Å². The number of hydrogen-bond acceptors (Lipinski definition) is 4. The molecule has 1 fully saturated rings. The van der Waals surface area contributed by atoms with Crippen LogP contribution in [0.2, 0.25) is 0 Å². The van der Waals surface area contributed by atoms with Gasteiger partial charge >= 0.3 is 0 Å². The number of nitrogens with zero attached hydrogens (tertiary/aromatic N) is 1. The molecule has 0 bridgehead atoms. The summed E-state index contributed by atoms with van der Waals surface area (Å²) in [6.07, 6.45) is 2.55. The van der Waals surface area contributed by atoms with E-state index in [2.05, 4.69) is 20.6 Å². The number of rotatable bonds is 3. The minimum Gasteiger partial charge on any atom is -0.391 e. The molecule has 0 spiro atoms. The van der Waals surface area contributed by atoms with E-state index in [4.69, 9.17) is 0 Å². The van der Waals surface area contributed by atoms with E-state index < -0.39 is 18.2 Å². The SMILES string of the molecule is C[C@H](O)[C@H]1NC(=O)[C@H](Cc2cnc[nH]2)NC1=O. The smallest absolute Gasteiger partial charge is 0.245 e. The van der Waals surface area contributed by atoms with E-state index in [-0.39, 0.29) is 11.8 Å². The van der Waals surface area contributed by atoms with Gasteiger partial charge in [0.15, 0.2) is 0 Å². The number of aromatic amines is 1. The Bertz CT molecular complexity index is 415. The van der Waals surface area contributed by atoms with Crippen LogP contribution >= 0.6 is 0 Å². The first-order valence-electron chi connectivity index (χ1n) is 5.34. The van der Waals surface area contributed by atoms with Gasteiger partial charge in [-0.1, -0.05) is 0 Å². The Morgan fingerprint density at radius 3 is 2.76 bits per heavy atom. The molecule has 2 amide bonds. The summed E-state index contributed by atoms with van der Waals surface area (Å²) in [4.78, 5) is 30.0. The summed E-state index contributed by atoms with van der Waals surface area (Å²) in [7, 11) is 0. The maximum Gasteiger partial charge on any atom is 0.245 e. The normalized spacial score (nSPS) is 26.2. The van der Waals surface area contributed by atoms with E-state index in [0.29, 0.717) is 6.42 Å². The number of imidazole rings is 1. The van der Waals surface area contributed by atoms with Crippen molar-refractivity contribution in [1.82, 2.24) is 20.6 Å². The van der Waals surface area contributed by atoms with Gasteiger partial charge in [0.1, 0.15) is 12.1 Å². The van der Waals surface area contributed by atoms with E-state index in [1.165, 1.54) is 13.3 Å². The summed E-state index contributed by atoms with van der Waals surface area (Å²) in [5.41, 5.74) is 0.765. The summed E-state index contributed by atoms with van der Waals surface area (Å²) in [6, 6.07) is -1.50. The average molecular weight is 238 g/mol. The van der Waals surface area contributed by atoms with Gasteiger partial charge < -0.3 is 20.7 Å². The Labute approximate surface area is 97.6 Å². The number of carbonyl (C=O) groups excluding carboxylic acids is 2. The Morgan fingerprint density at radius 2 is 2.18 bits per heavy atom. The Morgan fingerprint density at radius 1 is 1.41 bits per heavy atom. The third-order valence-corrected chi connectivity index (χ3v) is 2.67. The van der Waals surface area contributed by atoms with Gasteiger partial charge in [-0.25, -0.2) is 4.98 Å². The molecule has 1 aromatic heterocycles. The zero-order valence-corrected chi connectivity index (χ0v) is 9.30. The lowest BCUT2D eigenvalue weighted by Crippen LogP contribution is -2.65. The number of aromatic nitrogens is 2. The minimum atomic E-state index is -0.910. The zero-order chi connectivity index (χ0) is 12.4. The molecule has 0 aromatic carbocycles. The van der Waals surface area contributed by atoms with Crippen LogP contribution in [0.25, 0.3) is 0 Å². The molecular weight excluding hydrogens is 224 g/mol. The monoisotopic (exact) mass is 238 g/mol. The molecule has 2 rings (SSSR count). The van der Waals surface area contributed by atoms with Crippen molar-refractivity contribution in [2.45, 2.75) is 31.5 Å². The quantitative estimate of drug-likeness (QED) is 0.504. The molecule has 17 heavy (non-hydrogen) atoms. The van der Waals surface area contributed by atoms with Crippen molar-refractivity contribution in [2.24, 2.45) is 0 Å². The van der Waals surface area contributed by atoms with Crippen LogP contribution in [0.4, 0.5) is 0 Å². The highest BCUT2D eigenvalue weighted by atomic mass is 16.3. The van der Waals surface area contributed by atoms with Crippen molar-refractivity contribution in [3.8, 4) is 0 Å². The lowest BCUT2D eigenvalue weighted by atomic mass is 10.0. The van der Waals surface area contributed by atoms with Gasteiger partial charge in [-0.2, -0.15) is 0 Å². The fraction of sp³-hybridized carbons (Fsp3) is 0.500. The first kappa shape index (κ1) is 11.6. The molecule has 2 heterocycles. The molecule has 1 aromatic rings. The van der Waals surface area contributed by atoms with Crippen LogP contribution < -0.4 is 10.6 Å². The second-order valence-electron chi connectivity index (χ2n) is 4.07. The number of amides is 2. The van der Waals surface area contributed by atoms with Crippen molar-refractivity contribution in [3.63, 3.8) is 0 Å². The molecule has 0 unspecified atom stereocenters. The van der Waals surface area contributed by atoms with Crippen LogP contribution in [0.3, 0.4) is 0 Å². The maximum absolute atomic E-state index is 11.7. The van der Waals surface area contributed by atoms with Gasteiger partial charge in [-0.05, 0) is 6.92 Å². The van der Waals surface area contributed by atoms with Crippen LogP contribution in [0.15, 0.2) is 12.5 Å². The summed E-state index contributed by atoms with van der Waals surface area (Å²) >= 11 is 0. The van der Waals surface area contributed by atoms with Gasteiger partial charge in [-0.3, -0.25) is 9.59 Å². The van der Waals surface area contributed by atoms with Crippen LogP contribution in [-0.2, 0) is 16.0 Å². The minimum absolute atomic E-state index is 0.301. The van der Waals surface area contributed by atoms with Gasteiger partial charge in [0, 0.05) is 18.3 Å². The predicted molar refractivity (Wildman–Crippen MR) is 57.8 cm³/mol. The summed E-state index contributed by atoms with van der Waals surface area (Å²) in [5, 5.41) is 14.4. The first-order chi connectivity index (χ1) is 8.08. The molecule has 7 heteroatoms. The topological polar surface area (TPSA) is 107 Å². The van der Waals surface area contributed by atoms with Crippen LogP contribution in [0, 0.1) is 0 Å². The molecule has 0 aliphatic carbocycles. The highest BCUT2D eigenvalue weighted by Crippen LogP contribution is 2.06. The molecule has 1 saturated heterocycles. The molecule has 4 N–H and O–H groups in total. The van der Waals surface area contributed by atoms with Gasteiger partial charge in [0.2, 0.25) is 11.8 Å². The molecule has 0 saturated carbocycles. The molecule has 0 radical (unpaired) electrons. The van der Waals surface area contributed by atoms with Gasteiger partial charge in [0.05, 0.1) is 12.4 Å². The van der Waals surface area contributed by atoms with E-state index in [9.17, 15) is 14.7 Å². The second-order valence-corrected chi connectivity index (χ2v) is 4.07. The van der Waals surface area contributed by atoms with Gasteiger partial charge in [-0.15, -0.1) is 0 Å². The Kier molecular flexibility index (Phi) is 3.10. The number of nitrogens with one attached hydrogen (secondary N) is 3. The van der Waals surface area contributed by atoms with Crippen LogP contribution in [0.1, 0.15) is 12.6 Å². The van der Waals surface area contributed by atoms with E-state index in [0.717, 1.165) is 5.69 Å². The van der Waals surface area contributed by atoms with Crippen molar-refractivity contribution >= 4 is 11.8 Å². The second kappa shape index (κ2) is 4.54. The lowest BCUT2D eigenvalue weighted by Gasteiger charge is -2.30. The molecule has 3 atom stereocenters. The van der Waals surface area contributed by atoms with Gasteiger partial charge in [0.25, 0.3) is 0 Å². The number of aliphatic hydroxyl groups excluding tert-OH is 1. The predicted octanol–water partition coefficient (Wildman–Crippen LogP) is -1.68. The highest BCUT2D eigenvalue weighted by Gasteiger charge is 2.36. The lowest BCUT2D eigenvalue weighted by molar-refractivity contribution is -0.139. The Hall–Kier alpha value is -1.89. The Balaban J connectivity index is 2.03. The first-order valence-corrected chi connectivity index (χ1v) is 5.34. The number of piperazine rings is 1. The van der Waals surface area contributed by atoms with E-state index in [1.54, 1.807) is 6.20 Å². The molecule has 7 nitrogen and oxygen atoms in total. The summed E-state index contributed by atoms with van der Waals surface area (Å²) in [5.74, 6) is -0.672. The standard InChI is InChI=1S/C10H14N4O3/c1-5(15)8-10(17)13-7(9(16)14-8)2-6-3-11-4-12-6/h3-5,7-8,15H,2H2,1H3,(H,11,12)(H,13,17)(H,14,16)/t5-,7-,8+/m0/s1. The van der Waals surface area contributed by atoms with E-state index >= 15 is 0 Å². The van der Waals surface area contributed by atoms with E-state index in [1.807, 2.05) is 0 Å². The molecular formula is C10H14N4O3. The fourth-order valence-electron chi connectivity index (χ4n) is 1.75. The highest BCUT2D eigenvalue weighted by molar-refractivity contribution is 5.97. The van der Waals surface area contributed by atoms with Crippen molar-refractivity contribution in [2.75, 3.05) is 0 Å². The van der Waals surface area contributed by atoms with Crippen LogP contribution in [-0.4, -0.2) is 45.1 Å². The zero-order valence-electron chi connectivity index (χ0n) is 9.30. The number of aliphatic hydroxyl groups is 1. The summed E-state index contributed by atoms with van der Waals surface area (Å²) < 4.78 is 0. The molecule has 1 aliphatic rings. The average Bonchev–Trinajstić information content (AvgIpc) is 2.75. The van der Waals surface area contributed by atoms with Crippen LogP contribution in [0.5, 0.6) is 0 Å².